The number of hydrogen-bond acceptors (Lipinski definition) is 4. The largest absolute Gasteiger partial charge is 0.481 e. The van der Waals surface area contributed by atoms with Crippen LogP contribution < -0.4 is 5.32 Å². The van der Waals surface area contributed by atoms with Gasteiger partial charge < -0.3 is 14.8 Å². The van der Waals surface area contributed by atoms with Gasteiger partial charge in [-0.25, -0.2) is 0 Å². The van der Waals surface area contributed by atoms with Gasteiger partial charge in [-0.15, -0.1) is 12.4 Å². The summed E-state index contributed by atoms with van der Waals surface area (Å²) < 4.78 is 5.84. The van der Waals surface area contributed by atoms with Crippen molar-refractivity contribution in [3.05, 3.63) is 36.1 Å². The number of amides is 1. The summed E-state index contributed by atoms with van der Waals surface area (Å²) in [5.41, 5.74) is 0.135. The first kappa shape index (κ1) is 20.7. The molecule has 0 spiro atoms. The third kappa shape index (κ3) is 3.40. The van der Waals surface area contributed by atoms with Crippen molar-refractivity contribution in [2.75, 3.05) is 13.1 Å². The highest BCUT2D eigenvalue weighted by atomic mass is 35.5. The van der Waals surface area contributed by atoms with Gasteiger partial charge in [-0.2, -0.15) is 0 Å². The minimum absolute atomic E-state index is 0. The molecule has 1 aromatic carbocycles. The molecule has 1 saturated heterocycles. The van der Waals surface area contributed by atoms with Crippen LogP contribution in [0.15, 0.2) is 34.7 Å². The lowest BCUT2D eigenvalue weighted by Gasteiger charge is -2.27. The lowest BCUT2D eigenvalue weighted by atomic mass is 9.81. The van der Waals surface area contributed by atoms with Gasteiger partial charge in [0.25, 0.3) is 0 Å². The van der Waals surface area contributed by atoms with E-state index in [1.165, 1.54) is 0 Å². The van der Waals surface area contributed by atoms with Gasteiger partial charge in [0.15, 0.2) is 0 Å². The number of benzene rings is 1. The Hall–Kier alpha value is -2.05. The summed E-state index contributed by atoms with van der Waals surface area (Å²) in [6.07, 6.45) is 2.62. The number of rotatable bonds is 5. The lowest BCUT2D eigenvalue weighted by molar-refractivity contribution is -0.149. The van der Waals surface area contributed by atoms with Gasteiger partial charge in [0.05, 0.1) is 17.5 Å². The maximum atomic E-state index is 12.8. The second-order valence-corrected chi connectivity index (χ2v) is 8.07. The molecule has 152 valence electrons. The maximum Gasteiger partial charge on any atom is 0.311 e. The molecule has 0 radical (unpaired) electrons. The Morgan fingerprint density at radius 1 is 1.32 bits per heavy atom. The summed E-state index contributed by atoms with van der Waals surface area (Å²) in [5, 5.41) is 13.8. The second-order valence-electron chi connectivity index (χ2n) is 8.07. The molecule has 2 N–H and O–H groups in total. The van der Waals surface area contributed by atoms with E-state index >= 15 is 0 Å². The van der Waals surface area contributed by atoms with Crippen LogP contribution in [-0.2, 0) is 9.59 Å². The molecule has 2 aromatic rings. The van der Waals surface area contributed by atoms with Gasteiger partial charge in [0.2, 0.25) is 5.91 Å². The highest BCUT2D eigenvalue weighted by Gasteiger charge is 2.55. The number of furan rings is 1. The molecule has 28 heavy (non-hydrogen) atoms. The number of nitrogens with zero attached hydrogens (tertiary/aromatic N) is 1. The molecule has 7 heteroatoms. The van der Waals surface area contributed by atoms with E-state index in [-0.39, 0.29) is 36.3 Å². The van der Waals surface area contributed by atoms with E-state index < -0.39 is 11.4 Å². The van der Waals surface area contributed by atoms with Crippen LogP contribution in [0.25, 0.3) is 11.0 Å². The van der Waals surface area contributed by atoms with Crippen molar-refractivity contribution >= 4 is 35.3 Å². The number of likely N-dealkylation sites (tertiary alicyclic amines) is 1. The Kier molecular flexibility index (Phi) is 5.73. The number of carbonyl (C=O) groups excluding carboxylic acids is 1. The fourth-order valence-electron chi connectivity index (χ4n) is 4.76. The van der Waals surface area contributed by atoms with Crippen molar-refractivity contribution in [2.24, 2.45) is 11.3 Å². The van der Waals surface area contributed by atoms with Crippen molar-refractivity contribution in [1.29, 1.82) is 0 Å². The molecular formula is C21H27ClN2O4. The number of carbonyl (C=O) groups is 2. The van der Waals surface area contributed by atoms with Crippen LogP contribution in [0.1, 0.15) is 44.9 Å². The Morgan fingerprint density at radius 3 is 2.75 bits per heavy atom. The smallest absolute Gasteiger partial charge is 0.311 e. The Morgan fingerprint density at radius 2 is 2.07 bits per heavy atom. The Balaban J connectivity index is 0.00000225. The van der Waals surface area contributed by atoms with E-state index in [0.29, 0.717) is 19.5 Å². The van der Waals surface area contributed by atoms with Crippen LogP contribution in [0.2, 0.25) is 0 Å². The number of fused-ring (bicyclic) bond motifs is 2. The van der Waals surface area contributed by atoms with Gasteiger partial charge in [0.1, 0.15) is 11.3 Å². The number of halogens is 1. The molecule has 1 aromatic heterocycles. The van der Waals surface area contributed by atoms with Crippen LogP contribution in [0.5, 0.6) is 0 Å². The first-order valence-corrected chi connectivity index (χ1v) is 9.67. The number of carboxylic acids is 1. The van der Waals surface area contributed by atoms with Gasteiger partial charge in [-0.3, -0.25) is 14.5 Å². The molecular weight excluding hydrogens is 380 g/mol. The van der Waals surface area contributed by atoms with E-state index in [1.54, 1.807) is 0 Å². The molecule has 4 rings (SSSR count). The average molecular weight is 407 g/mol. The molecule has 0 bridgehead atoms. The highest BCUT2D eigenvalue weighted by Crippen LogP contribution is 2.49. The minimum atomic E-state index is -0.712. The van der Waals surface area contributed by atoms with Crippen molar-refractivity contribution in [1.82, 2.24) is 10.2 Å². The molecule has 2 heterocycles. The Labute approximate surface area is 170 Å². The second kappa shape index (κ2) is 7.76. The van der Waals surface area contributed by atoms with Gasteiger partial charge in [-0.05, 0) is 44.7 Å². The van der Waals surface area contributed by atoms with Crippen LogP contribution in [0.4, 0.5) is 0 Å². The SMILES string of the molecule is CC(NC(=O)C(C)N1C[C@@H]2CCC[C@@]2(C(=O)O)C1)c1cc2ccccc2o1.Cl. The number of nitrogens with one attached hydrogen (secondary N) is 1. The normalized spacial score (nSPS) is 26.4. The van der Waals surface area contributed by atoms with Gasteiger partial charge in [-0.1, -0.05) is 24.6 Å². The van der Waals surface area contributed by atoms with Crippen molar-refractivity contribution in [2.45, 2.75) is 45.2 Å². The summed E-state index contributed by atoms with van der Waals surface area (Å²) in [4.78, 5) is 26.7. The summed E-state index contributed by atoms with van der Waals surface area (Å²) >= 11 is 0. The quantitative estimate of drug-likeness (QED) is 0.792. The molecule has 2 aliphatic rings. The van der Waals surface area contributed by atoms with Gasteiger partial charge >= 0.3 is 5.97 Å². The van der Waals surface area contributed by atoms with E-state index in [1.807, 2.05) is 49.1 Å². The predicted molar refractivity (Wildman–Crippen MR) is 108 cm³/mol. The third-order valence-corrected chi connectivity index (χ3v) is 6.48. The molecule has 4 atom stereocenters. The fourth-order valence-corrected chi connectivity index (χ4v) is 4.76. The average Bonchev–Trinajstić information content (AvgIpc) is 3.32. The fraction of sp³-hybridized carbons (Fsp3) is 0.524. The number of carboxylic acid groups (broad SMARTS) is 1. The topological polar surface area (TPSA) is 82.8 Å². The molecule has 6 nitrogen and oxygen atoms in total. The zero-order valence-corrected chi connectivity index (χ0v) is 17.0. The Bertz CT molecular complexity index is 849. The molecule has 1 aliphatic heterocycles. The van der Waals surface area contributed by atoms with E-state index in [9.17, 15) is 14.7 Å². The van der Waals surface area contributed by atoms with Crippen molar-refractivity contribution < 1.29 is 19.1 Å². The van der Waals surface area contributed by atoms with E-state index in [0.717, 1.165) is 29.6 Å². The first-order chi connectivity index (χ1) is 12.9. The third-order valence-electron chi connectivity index (χ3n) is 6.48. The molecule has 2 unspecified atom stereocenters. The molecule has 1 saturated carbocycles. The number of hydrogen-bond donors (Lipinski definition) is 2. The molecule has 1 amide bonds. The van der Waals surface area contributed by atoms with Crippen molar-refractivity contribution in [3.63, 3.8) is 0 Å². The summed E-state index contributed by atoms with van der Waals surface area (Å²) in [6, 6.07) is 9.10. The zero-order chi connectivity index (χ0) is 19.2. The van der Waals surface area contributed by atoms with E-state index in [2.05, 4.69) is 5.32 Å². The molecule has 1 aliphatic carbocycles. The summed E-state index contributed by atoms with van der Waals surface area (Å²) in [7, 11) is 0. The van der Waals surface area contributed by atoms with Crippen LogP contribution in [0, 0.1) is 11.3 Å². The summed E-state index contributed by atoms with van der Waals surface area (Å²) in [6.45, 7) is 4.90. The van der Waals surface area contributed by atoms with Crippen LogP contribution in [-0.4, -0.2) is 41.0 Å². The monoisotopic (exact) mass is 406 g/mol. The zero-order valence-electron chi connectivity index (χ0n) is 16.2. The number of para-hydroxylation sites is 1. The lowest BCUT2D eigenvalue weighted by Crippen LogP contribution is -2.46. The predicted octanol–water partition coefficient (Wildman–Crippen LogP) is 3.61. The standard InChI is InChI=1S/C21H26N2O4.ClH/c1-13(18-10-15-6-3-4-8-17(15)27-18)22-19(24)14(2)23-11-16-7-5-9-21(16,12-23)20(25)26;/h3-4,6,8,10,13-14,16H,5,7,9,11-12H2,1-2H3,(H,22,24)(H,25,26);1H/t13?,14?,16-,21+;/m0./s1. The number of aliphatic carboxylic acids is 1. The van der Waals surface area contributed by atoms with Gasteiger partial charge in [0, 0.05) is 18.5 Å². The minimum Gasteiger partial charge on any atom is -0.481 e. The van der Waals surface area contributed by atoms with Crippen molar-refractivity contribution in [3.8, 4) is 0 Å². The van der Waals surface area contributed by atoms with Crippen LogP contribution >= 0.6 is 12.4 Å². The first-order valence-electron chi connectivity index (χ1n) is 9.67. The highest BCUT2D eigenvalue weighted by molar-refractivity contribution is 5.85. The molecule has 2 fully saturated rings. The van der Waals surface area contributed by atoms with E-state index in [4.69, 9.17) is 4.42 Å². The van der Waals surface area contributed by atoms with Crippen LogP contribution in [0.3, 0.4) is 0 Å². The summed E-state index contributed by atoms with van der Waals surface area (Å²) in [5.74, 6) is 0.0642. The maximum absolute atomic E-state index is 12.8.